The topological polar surface area (TPSA) is 71.5 Å². The third-order valence-corrected chi connectivity index (χ3v) is 3.52. The van der Waals surface area contributed by atoms with Crippen molar-refractivity contribution in [1.82, 2.24) is 15.2 Å². The van der Waals surface area contributed by atoms with Crippen molar-refractivity contribution in [2.24, 2.45) is 5.92 Å². The van der Waals surface area contributed by atoms with Crippen LogP contribution in [0.5, 0.6) is 5.88 Å². The molecule has 1 aromatic rings. The molecule has 1 aliphatic heterocycles. The summed E-state index contributed by atoms with van der Waals surface area (Å²) in [4.78, 5) is 29.4. The van der Waals surface area contributed by atoms with Crippen LogP contribution in [0.25, 0.3) is 0 Å². The predicted molar refractivity (Wildman–Crippen MR) is 73.5 cm³/mol. The SMILES string of the molecule is CNC(=O)C[C@@H]1CCN(C(=O)c2ccc(OC)nc2)C1. The Kier molecular flexibility index (Phi) is 4.55. The van der Waals surface area contributed by atoms with E-state index in [0.29, 0.717) is 31.0 Å². The Hall–Kier alpha value is -2.11. The summed E-state index contributed by atoms with van der Waals surface area (Å²) in [5.74, 6) is 0.709. The lowest BCUT2D eigenvalue weighted by Crippen LogP contribution is -2.29. The van der Waals surface area contributed by atoms with Gasteiger partial charge in [0.05, 0.1) is 12.7 Å². The molecule has 1 aromatic heterocycles. The molecule has 1 atom stereocenters. The number of likely N-dealkylation sites (tertiary alicyclic amines) is 1. The second kappa shape index (κ2) is 6.36. The van der Waals surface area contributed by atoms with Gasteiger partial charge in [-0.1, -0.05) is 0 Å². The summed E-state index contributed by atoms with van der Waals surface area (Å²) in [6.07, 6.45) is 2.86. The molecule has 20 heavy (non-hydrogen) atoms. The first-order chi connectivity index (χ1) is 9.63. The molecule has 0 saturated carbocycles. The summed E-state index contributed by atoms with van der Waals surface area (Å²) in [5, 5.41) is 2.61. The van der Waals surface area contributed by atoms with Crippen molar-refractivity contribution < 1.29 is 14.3 Å². The van der Waals surface area contributed by atoms with Crippen molar-refractivity contribution in [3.63, 3.8) is 0 Å². The number of pyridine rings is 1. The lowest BCUT2D eigenvalue weighted by molar-refractivity contribution is -0.121. The molecule has 2 heterocycles. The summed E-state index contributed by atoms with van der Waals surface area (Å²) in [5.41, 5.74) is 0.548. The van der Waals surface area contributed by atoms with E-state index in [1.165, 1.54) is 13.3 Å². The summed E-state index contributed by atoms with van der Waals surface area (Å²) in [6, 6.07) is 3.38. The molecule has 1 aliphatic rings. The highest BCUT2D eigenvalue weighted by molar-refractivity contribution is 5.94. The lowest BCUT2D eigenvalue weighted by Gasteiger charge is -2.16. The summed E-state index contributed by atoms with van der Waals surface area (Å²) >= 11 is 0. The molecule has 2 amide bonds. The van der Waals surface area contributed by atoms with Crippen LogP contribution in [0.3, 0.4) is 0 Å². The monoisotopic (exact) mass is 277 g/mol. The zero-order valence-electron chi connectivity index (χ0n) is 11.8. The van der Waals surface area contributed by atoms with Crippen molar-refractivity contribution in [3.05, 3.63) is 23.9 Å². The molecule has 2 rings (SSSR count). The van der Waals surface area contributed by atoms with Crippen LogP contribution in [0.4, 0.5) is 0 Å². The van der Waals surface area contributed by atoms with E-state index in [9.17, 15) is 9.59 Å². The number of hydrogen-bond acceptors (Lipinski definition) is 4. The fourth-order valence-corrected chi connectivity index (χ4v) is 2.36. The minimum atomic E-state index is -0.0421. The van der Waals surface area contributed by atoms with E-state index in [1.807, 2.05) is 0 Å². The molecular weight excluding hydrogens is 258 g/mol. The number of methoxy groups -OCH3 is 1. The fourth-order valence-electron chi connectivity index (χ4n) is 2.36. The number of aromatic nitrogens is 1. The Balaban J connectivity index is 1.95. The molecule has 1 N–H and O–H groups in total. The Morgan fingerprint density at radius 3 is 2.90 bits per heavy atom. The first-order valence-electron chi connectivity index (χ1n) is 6.64. The number of rotatable bonds is 4. The van der Waals surface area contributed by atoms with Crippen molar-refractivity contribution >= 4 is 11.8 Å². The van der Waals surface area contributed by atoms with Crippen molar-refractivity contribution in [2.75, 3.05) is 27.2 Å². The molecule has 6 nitrogen and oxygen atoms in total. The van der Waals surface area contributed by atoms with Gasteiger partial charge in [0.15, 0.2) is 0 Å². The molecule has 1 saturated heterocycles. The third-order valence-electron chi connectivity index (χ3n) is 3.52. The molecule has 0 bridgehead atoms. The van der Waals surface area contributed by atoms with Gasteiger partial charge in [0.2, 0.25) is 11.8 Å². The molecule has 108 valence electrons. The highest BCUT2D eigenvalue weighted by atomic mass is 16.5. The number of ether oxygens (including phenoxy) is 1. The smallest absolute Gasteiger partial charge is 0.255 e. The third kappa shape index (κ3) is 3.26. The Bertz CT molecular complexity index is 487. The molecule has 1 fully saturated rings. The minimum Gasteiger partial charge on any atom is -0.481 e. The van der Waals surface area contributed by atoms with Crippen molar-refractivity contribution in [3.8, 4) is 5.88 Å². The maximum Gasteiger partial charge on any atom is 0.255 e. The highest BCUT2D eigenvalue weighted by Crippen LogP contribution is 2.21. The lowest BCUT2D eigenvalue weighted by atomic mass is 10.0. The van der Waals surface area contributed by atoms with Gasteiger partial charge in [-0.05, 0) is 18.4 Å². The summed E-state index contributed by atoms with van der Waals surface area (Å²) in [6.45, 7) is 1.31. The number of amides is 2. The number of carbonyl (C=O) groups is 2. The van der Waals surface area contributed by atoms with Crippen LogP contribution in [0, 0.1) is 5.92 Å². The van der Waals surface area contributed by atoms with Gasteiger partial charge in [0.25, 0.3) is 5.91 Å². The summed E-state index contributed by atoms with van der Waals surface area (Å²) < 4.78 is 4.97. The average Bonchev–Trinajstić information content (AvgIpc) is 2.95. The van der Waals surface area contributed by atoms with Crippen LogP contribution in [0.1, 0.15) is 23.2 Å². The Morgan fingerprint density at radius 2 is 2.30 bits per heavy atom. The molecule has 0 aliphatic carbocycles. The maximum atomic E-state index is 12.3. The Labute approximate surface area is 118 Å². The predicted octanol–water partition coefficient (Wildman–Crippen LogP) is 0.688. The molecule has 6 heteroatoms. The zero-order valence-corrected chi connectivity index (χ0v) is 11.8. The van der Waals surface area contributed by atoms with E-state index in [2.05, 4.69) is 10.3 Å². The summed E-state index contributed by atoms with van der Waals surface area (Å²) in [7, 11) is 3.16. The van der Waals surface area contributed by atoms with Gasteiger partial charge in [0.1, 0.15) is 0 Å². The fraction of sp³-hybridized carbons (Fsp3) is 0.500. The number of carbonyl (C=O) groups excluding carboxylic acids is 2. The molecular formula is C14H19N3O3. The number of nitrogens with one attached hydrogen (secondary N) is 1. The van der Waals surface area contributed by atoms with Crippen LogP contribution in [-0.2, 0) is 4.79 Å². The van der Waals surface area contributed by atoms with E-state index in [0.717, 1.165) is 6.42 Å². The average molecular weight is 277 g/mol. The van der Waals surface area contributed by atoms with Crippen LogP contribution < -0.4 is 10.1 Å². The quantitative estimate of drug-likeness (QED) is 0.879. The van der Waals surface area contributed by atoms with Crippen LogP contribution in [0.15, 0.2) is 18.3 Å². The standard InChI is InChI=1S/C14H19N3O3/c1-15-12(18)7-10-5-6-17(9-10)14(19)11-3-4-13(20-2)16-8-11/h3-4,8,10H,5-7,9H2,1-2H3,(H,15,18)/t10-/m0/s1. The largest absolute Gasteiger partial charge is 0.481 e. The van der Waals surface area contributed by atoms with Crippen LogP contribution in [-0.4, -0.2) is 48.9 Å². The minimum absolute atomic E-state index is 0.0235. The van der Waals surface area contributed by atoms with E-state index in [-0.39, 0.29) is 17.7 Å². The van der Waals surface area contributed by atoms with Crippen LogP contribution >= 0.6 is 0 Å². The van der Waals surface area contributed by atoms with Crippen molar-refractivity contribution in [1.29, 1.82) is 0 Å². The van der Waals surface area contributed by atoms with Crippen molar-refractivity contribution in [2.45, 2.75) is 12.8 Å². The van der Waals surface area contributed by atoms with Crippen LogP contribution in [0.2, 0.25) is 0 Å². The zero-order chi connectivity index (χ0) is 14.5. The van der Waals surface area contributed by atoms with Gasteiger partial charge >= 0.3 is 0 Å². The second-order valence-electron chi connectivity index (χ2n) is 4.87. The van der Waals surface area contributed by atoms with Gasteiger partial charge in [0, 0.05) is 38.8 Å². The van der Waals surface area contributed by atoms with E-state index < -0.39 is 0 Å². The van der Waals surface area contributed by atoms with E-state index in [4.69, 9.17) is 4.74 Å². The molecule has 0 radical (unpaired) electrons. The molecule has 0 aromatic carbocycles. The molecule has 0 spiro atoms. The van der Waals surface area contributed by atoms with Gasteiger partial charge in [-0.15, -0.1) is 0 Å². The normalized spacial score (nSPS) is 17.9. The first-order valence-corrected chi connectivity index (χ1v) is 6.64. The first kappa shape index (κ1) is 14.3. The van der Waals surface area contributed by atoms with Gasteiger partial charge in [-0.3, -0.25) is 9.59 Å². The van der Waals surface area contributed by atoms with Gasteiger partial charge < -0.3 is 15.0 Å². The van der Waals surface area contributed by atoms with E-state index >= 15 is 0 Å². The number of hydrogen-bond donors (Lipinski definition) is 1. The number of nitrogens with zero attached hydrogens (tertiary/aromatic N) is 2. The van der Waals surface area contributed by atoms with E-state index in [1.54, 1.807) is 24.1 Å². The Morgan fingerprint density at radius 1 is 1.50 bits per heavy atom. The molecule has 0 unspecified atom stereocenters. The highest BCUT2D eigenvalue weighted by Gasteiger charge is 2.28. The maximum absolute atomic E-state index is 12.3. The van der Waals surface area contributed by atoms with Gasteiger partial charge in [-0.25, -0.2) is 4.98 Å². The van der Waals surface area contributed by atoms with Gasteiger partial charge in [-0.2, -0.15) is 0 Å². The second-order valence-corrected chi connectivity index (χ2v) is 4.87.